The van der Waals surface area contributed by atoms with Crippen LogP contribution in [0.3, 0.4) is 0 Å². The monoisotopic (exact) mass is 390 g/mol. The molecule has 2 fully saturated rings. The quantitative estimate of drug-likeness (QED) is 0.597. The van der Waals surface area contributed by atoms with Gasteiger partial charge in [0, 0.05) is 23.4 Å². The molecule has 1 aromatic heterocycles. The number of halogens is 1. The second-order valence-electron chi connectivity index (χ2n) is 6.90. The fourth-order valence-corrected chi connectivity index (χ4v) is 4.36. The Hall–Kier alpha value is -2.74. The number of urea groups is 1. The third-order valence-electron chi connectivity index (χ3n) is 5.45. The molecule has 4 rings (SSSR count). The molecule has 9 heteroatoms. The van der Waals surface area contributed by atoms with E-state index < -0.39 is 11.6 Å². The van der Waals surface area contributed by atoms with Gasteiger partial charge in [0.05, 0.1) is 12.1 Å². The highest BCUT2D eigenvalue weighted by Crippen LogP contribution is 2.38. The number of hydrogen-bond acceptors (Lipinski definition) is 4. The van der Waals surface area contributed by atoms with Gasteiger partial charge in [-0.3, -0.25) is 14.9 Å². The number of hydrogen-bond donors (Lipinski definition) is 4. The van der Waals surface area contributed by atoms with Crippen LogP contribution in [0.15, 0.2) is 18.2 Å². The molecule has 2 unspecified atom stereocenters. The number of imide groups is 1. The molecule has 2 aromatic rings. The zero-order valence-electron chi connectivity index (χ0n) is 14.6. The van der Waals surface area contributed by atoms with E-state index in [0.717, 1.165) is 23.7 Å². The van der Waals surface area contributed by atoms with Crippen LogP contribution in [0.5, 0.6) is 5.75 Å². The molecule has 1 aliphatic carbocycles. The number of benzene rings is 1. The van der Waals surface area contributed by atoms with E-state index in [-0.39, 0.29) is 17.7 Å². The Bertz CT molecular complexity index is 956. The highest BCUT2D eigenvalue weighted by Gasteiger charge is 2.54. The van der Waals surface area contributed by atoms with Gasteiger partial charge in [0.25, 0.3) is 11.8 Å². The summed E-state index contributed by atoms with van der Waals surface area (Å²) in [6.45, 7) is 0.291. The SMILES string of the molecule is COc1c(Cl)ccc2[nH]c(C(=O)NCC3CCCC34NC(=O)NC4=O)cc12. The van der Waals surface area contributed by atoms with Crippen LogP contribution in [0, 0.1) is 5.92 Å². The van der Waals surface area contributed by atoms with Crippen LogP contribution in [0.2, 0.25) is 5.02 Å². The van der Waals surface area contributed by atoms with Crippen molar-refractivity contribution in [3.63, 3.8) is 0 Å². The van der Waals surface area contributed by atoms with Crippen LogP contribution in [0.1, 0.15) is 29.8 Å². The fourth-order valence-electron chi connectivity index (χ4n) is 4.11. The highest BCUT2D eigenvalue weighted by molar-refractivity contribution is 6.33. The molecule has 0 bridgehead atoms. The predicted octanol–water partition coefficient (Wildman–Crippen LogP) is 1.94. The van der Waals surface area contributed by atoms with Crippen molar-refractivity contribution >= 4 is 40.3 Å². The van der Waals surface area contributed by atoms with Crippen molar-refractivity contribution in [3.8, 4) is 5.75 Å². The first kappa shape index (κ1) is 17.7. The third kappa shape index (κ3) is 2.80. The number of aromatic amines is 1. The molecule has 1 saturated carbocycles. The molecule has 1 spiro atoms. The van der Waals surface area contributed by atoms with Crippen LogP contribution < -0.4 is 20.7 Å². The van der Waals surface area contributed by atoms with Gasteiger partial charge in [-0.05, 0) is 31.0 Å². The molecular formula is C18H19ClN4O4. The maximum Gasteiger partial charge on any atom is 0.322 e. The second-order valence-corrected chi connectivity index (χ2v) is 7.31. The van der Waals surface area contributed by atoms with Gasteiger partial charge < -0.3 is 20.4 Å². The molecule has 2 heterocycles. The van der Waals surface area contributed by atoms with Crippen molar-refractivity contribution in [2.24, 2.45) is 5.92 Å². The minimum atomic E-state index is -0.915. The largest absolute Gasteiger partial charge is 0.494 e. The van der Waals surface area contributed by atoms with Gasteiger partial charge in [0.1, 0.15) is 17.0 Å². The van der Waals surface area contributed by atoms with Crippen molar-refractivity contribution in [2.75, 3.05) is 13.7 Å². The van der Waals surface area contributed by atoms with Gasteiger partial charge in [-0.2, -0.15) is 0 Å². The second kappa shape index (κ2) is 6.45. The Morgan fingerprint density at radius 3 is 2.93 bits per heavy atom. The maximum absolute atomic E-state index is 12.6. The summed E-state index contributed by atoms with van der Waals surface area (Å²) in [6.07, 6.45) is 2.15. The van der Waals surface area contributed by atoms with Crippen LogP contribution >= 0.6 is 11.6 Å². The number of methoxy groups -OCH3 is 1. The van der Waals surface area contributed by atoms with Gasteiger partial charge in [-0.1, -0.05) is 18.0 Å². The average molecular weight is 391 g/mol. The highest BCUT2D eigenvalue weighted by atomic mass is 35.5. The smallest absolute Gasteiger partial charge is 0.322 e. The van der Waals surface area contributed by atoms with Crippen molar-refractivity contribution in [1.82, 2.24) is 20.9 Å². The first-order valence-electron chi connectivity index (χ1n) is 8.71. The number of carbonyl (C=O) groups excluding carboxylic acids is 3. The molecular weight excluding hydrogens is 372 g/mol. The lowest BCUT2D eigenvalue weighted by molar-refractivity contribution is -0.125. The number of fused-ring (bicyclic) bond motifs is 1. The topological polar surface area (TPSA) is 112 Å². The molecule has 4 amide bonds. The van der Waals surface area contributed by atoms with Gasteiger partial charge in [0.15, 0.2) is 0 Å². The van der Waals surface area contributed by atoms with E-state index >= 15 is 0 Å². The normalized spacial score (nSPS) is 24.3. The van der Waals surface area contributed by atoms with E-state index in [4.69, 9.17) is 16.3 Å². The summed E-state index contributed by atoms with van der Waals surface area (Å²) in [4.78, 5) is 39.4. The number of carbonyl (C=O) groups is 3. The molecule has 2 atom stereocenters. The summed E-state index contributed by atoms with van der Waals surface area (Å²) in [7, 11) is 1.52. The Labute approximate surface area is 160 Å². The maximum atomic E-state index is 12.6. The third-order valence-corrected chi connectivity index (χ3v) is 5.75. The lowest BCUT2D eigenvalue weighted by Gasteiger charge is -2.28. The van der Waals surface area contributed by atoms with Gasteiger partial charge in [0.2, 0.25) is 0 Å². The molecule has 4 N–H and O–H groups in total. The molecule has 1 aromatic carbocycles. The molecule has 1 saturated heterocycles. The summed E-state index contributed by atoms with van der Waals surface area (Å²) < 4.78 is 5.31. The minimum absolute atomic E-state index is 0.152. The van der Waals surface area contributed by atoms with E-state index in [9.17, 15) is 14.4 Å². The average Bonchev–Trinajstić information content (AvgIpc) is 3.31. The molecule has 27 heavy (non-hydrogen) atoms. The Balaban J connectivity index is 1.51. The number of amides is 4. The molecule has 1 aliphatic heterocycles. The first-order valence-corrected chi connectivity index (χ1v) is 9.09. The van der Waals surface area contributed by atoms with Crippen molar-refractivity contribution in [1.29, 1.82) is 0 Å². The summed E-state index contributed by atoms with van der Waals surface area (Å²) in [5.74, 6) is -0.254. The fraction of sp³-hybridized carbons (Fsp3) is 0.389. The van der Waals surface area contributed by atoms with E-state index in [1.807, 2.05) is 0 Å². The standard InChI is InChI=1S/C18H19ClN4O4/c1-27-14-10-7-13(21-12(10)5-4-11(14)19)15(24)20-8-9-3-2-6-18(9)16(25)22-17(26)23-18/h4-5,7,9,21H,2-3,6,8H2,1H3,(H,20,24)(H2,22,23,25,26). The Morgan fingerprint density at radius 2 is 2.22 bits per heavy atom. The Kier molecular flexibility index (Phi) is 4.22. The van der Waals surface area contributed by atoms with Crippen LogP contribution in [-0.2, 0) is 4.79 Å². The molecule has 142 valence electrons. The summed E-state index contributed by atoms with van der Waals surface area (Å²) in [5, 5.41) is 9.09. The first-order chi connectivity index (χ1) is 12.9. The molecule has 0 radical (unpaired) electrons. The van der Waals surface area contributed by atoms with Crippen LogP contribution in [0.4, 0.5) is 4.79 Å². The van der Waals surface area contributed by atoms with Crippen molar-refractivity contribution in [3.05, 3.63) is 28.9 Å². The molecule has 8 nitrogen and oxygen atoms in total. The zero-order valence-corrected chi connectivity index (χ0v) is 15.4. The van der Waals surface area contributed by atoms with Crippen LogP contribution in [-0.4, -0.2) is 42.0 Å². The van der Waals surface area contributed by atoms with E-state index in [1.165, 1.54) is 7.11 Å². The van der Waals surface area contributed by atoms with E-state index in [0.29, 0.717) is 29.4 Å². The van der Waals surface area contributed by atoms with Crippen molar-refractivity contribution in [2.45, 2.75) is 24.8 Å². The molecule has 2 aliphatic rings. The number of nitrogens with one attached hydrogen (secondary N) is 4. The zero-order chi connectivity index (χ0) is 19.2. The van der Waals surface area contributed by atoms with E-state index in [2.05, 4.69) is 20.9 Å². The lowest BCUT2D eigenvalue weighted by atomic mass is 9.87. The lowest BCUT2D eigenvalue weighted by Crippen LogP contribution is -2.53. The Morgan fingerprint density at radius 1 is 1.41 bits per heavy atom. The number of ether oxygens (including phenoxy) is 1. The van der Waals surface area contributed by atoms with Crippen molar-refractivity contribution < 1.29 is 19.1 Å². The van der Waals surface area contributed by atoms with Crippen LogP contribution in [0.25, 0.3) is 10.9 Å². The van der Waals surface area contributed by atoms with Gasteiger partial charge >= 0.3 is 6.03 Å². The number of rotatable bonds is 4. The number of aromatic nitrogens is 1. The van der Waals surface area contributed by atoms with Gasteiger partial charge in [-0.25, -0.2) is 4.79 Å². The summed E-state index contributed by atoms with van der Waals surface area (Å²) >= 11 is 6.12. The predicted molar refractivity (Wildman–Crippen MR) is 98.9 cm³/mol. The summed E-state index contributed by atoms with van der Waals surface area (Å²) in [6, 6.07) is 4.69. The summed E-state index contributed by atoms with van der Waals surface area (Å²) in [5.41, 5.74) is 0.195. The number of H-pyrrole nitrogens is 1. The van der Waals surface area contributed by atoms with E-state index in [1.54, 1.807) is 18.2 Å². The minimum Gasteiger partial charge on any atom is -0.494 e. The van der Waals surface area contributed by atoms with Gasteiger partial charge in [-0.15, -0.1) is 0 Å².